The number of halogens is 4. The second-order valence-electron chi connectivity index (χ2n) is 7.07. The third kappa shape index (κ3) is 5.24. The van der Waals surface area contributed by atoms with Crippen LogP contribution in [-0.4, -0.2) is 18.2 Å². The maximum atomic E-state index is 12.5. The lowest BCUT2D eigenvalue weighted by Gasteiger charge is -2.25. The van der Waals surface area contributed by atoms with Crippen molar-refractivity contribution < 1.29 is 4.79 Å². The summed E-state index contributed by atoms with van der Waals surface area (Å²) in [5, 5.41) is 11.3. The van der Waals surface area contributed by atoms with Crippen LogP contribution in [0.2, 0.25) is 15.1 Å². The van der Waals surface area contributed by atoms with Gasteiger partial charge < -0.3 is 5.32 Å². The van der Waals surface area contributed by atoms with Crippen LogP contribution < -0.4 is 10.3 Å². The van der Waals surface area contributed by atoms with Crippen LogP contribution in [0, 0.1) is 0 Å². The summed E-state index contributed by atoms with van der Waals surface area (Å²) in [6.07, 6.45) is 0.654. The molecule has 1 aliphatic heterocycles. The molecule has 4 rings (SSSR count). The average Bonchev–Trinajstić information content (AvgIpc) is 3.17. The molecular formula is C23H17BrCl3N3O. The Bertz CT molecular complexity index is 1130. The van der Waals surface area contributed by atoms with Gasteiger partial charge in [-0.1, -0.05) is 62.9 Å². The van der Waals surface area contributed by atoms with Gasteiger partial charge in [0.1, 0.15) is 0 Å². The minimum absolute atomic E-state index is 0.0470. The maximum Gasteiger partial charge on any atom is 0.251 e. The molecule has 1 N–H and O–H groups in total. The van der Waals surface area contributed by atoms with E-state index < -0.39 is 0 Å². The zero-order chi connectivity index (χ0) is 22.0. The lowest BCUT2D eigenvalue weighted by molar-refractivity contribution is 0.0959. The van der Waals surface area contributed by atoms with Crippen LogP contribution in [0.15, 0.2) is 76.3 Å². The third-order valence-corrected chi connectivity index (χ3v) is 6.26. The molecule has 4 nitrogen and oxygen atoms in total. The lowest BCUT2D eigenvalue weighted by Crippen LogP contribution is -2.29. The highest BCUT2D eigenvalue weighted by Crippen LogP contribution is 2.39. The van der Waals surface area contributed by atoms with Crippen LogP contribution in [0.1, 0.15) is 28.4 Å². The molecule has 1 amide bonds. The Balaban J connectivity index is 1.57. The molecule has 0 saturated heterocycles. The zero-order valence-electron chi connectivity index (χ0n) is 16.2. The van der Waals surface area contributed by atoms with Gasteiger partial charge in [-0.05, 0) is 60.2 Å². The summed E-state index contributed by atoms with van der Waals surface area (Å²) in [7, 11) is 0. The number of hydrogen-bond donors (Lipinski definition) is 1. The fraction of sp³-hybridized carbons (Fsp3) is 0.130. The van der Waals surface area contributed by atoms with Crippen molar-refractivity contribution in [3.05, 3.63) is 97.4 Å². The van der Waals surface area contributed by atoms with Crippen LogP contribution >= 0.6 is 50.7 Å². The van der Waals surface area contributed by atoms with Crippen molar-refractivity contribution in [2.45, 2.75) is 12.5 Å². The van der Waals surface area contributed by atoms with Crippen molar-refractivity contribution in [1.82, 2.24) is 5.32 Å². The van der Waals surface area contributed by atoms with E-state index in [9.17, 15) is 4.79 Å². The van der Waals surface area contributed by atoms with Crippen LogP contribution in [0.5, 0.6) is 0 Å². The monoisotopic (exact) mass is 535 g/mol. The van der Waals surface area contributed by atoms with E-state index >= 15 is 0 Å². The molecule has 0 saturated carbocycles. The molecule has 3 aromatic rings. The summed E-state index contributed by atoms with van der Waals surface area (Å²) in [6.45, 7) is 0.330. The van der Waals surface area contributed by atoms with Crippen LogP contribution in [0.25, 0.3) is 0 Å². The van der Waals surface area contributed by atoms with Gasteiger partial charge in [-0.3, -0.25) is 9.80 Å². The predicted octanol–water partition coefficient (Wildman–Crippen LogP) is 7.15. The van der Waals surface area contributed by atoms with Crippen molar-refractivity contribution >= 4 is 68.0 Å². The summed E-state index contributed by atoms with van der Waals surface area (Å²) < 4.78 is 1.00. The van der Waals surface area contributed by atoms with E-state index in [1.807, 2.05) is 23.2 Å². The normalized spacial score (nSPS) is 15.7. The molecule has 0 fully saturated rings. The second-order valence-corrected chi connectivity index (χ2v) is 9.26. The fourth-order valence-electron chi connectivity index (χ4n) is 3.40. The highest BCUT2D eigenvalue weighted by atomic mass is 79.9. The number of nitrogens with zero attached hydrogens (tertiary/aromatic N) is 2. The molecule has 0 aromatic heterocycles. The number of nitrogens with one attached hydrogen (secondary N) is 1. The fourth-order valence-corrected chi connectivity index (χ4v) is 4.28. The van der Waals surface area contributed by atoms with E-state index in [0.717, 1.165) is 21.4 Å². The Morgan fingerprint density at radius 1 is 1.00 bits per heavy atom. The topological polar surface area (TPSA) is 44.7 Å². The first-order valence-corrected chi connectivity index (χ1v) is 11.4. The van der Waals surface area contributed by atoms with Gasteiger partial charge in [0, 0.05) is 26.5 Å². The molecule has 0 bridgehead atoms. The molecule has 158 valence electrons. The van der Waals surface area contributed by atoms with Crippen molar-refractivity contribution in [2.75, 3.05) is 11.6 Å². The van der Waals surface area contributed by atoms with Crippen molar-refractivity contribution in [3.63, 3.8) is 0 Å². The van der Waals surface area contributed by atoms with E-state index in [4.69, 9.17) is 39.9 Å². The number of anilines is 1. The number of amides is 1. The van der Waals surface area contributed by atoms with Crippen LogP contribution in [0.3, 0.4) is 0 Å². The molecule has 1 atom stereocenters. The molecule has 0 spiro atoms. The molecule has 31 heavy (non-hydrogen) atoms. The Kier molecular flexibility index (Phi) is 6.87. The first-order chi connectivity index (χ1) is 14.9. The van der Waals surface area contributed by atoms with Crippen molar-refractivity contribution in [2.24, 2.45) is 5.10 Å². The smallest absolute Gasteiger partial charge is 0.251 e. The first kappa shape index (κ1) is 22.2. The number of benzene rings is 3. The lowest BCUT2D eigenvalue weighted by atomic mass is 10.0. The quantitative estimate of drug-likeness (QED) is 0.376. The van der Waals surface area contributed by atoms with Crippen molar-refractivity contribution in [1.29, 1.82) is 0 Å². The number of hydrazone groups is 1. The number of rotatable bonds is 5. The number of carbonyl (C=O) groups excluding carboxylic acids is 1. The van der Waals surface area contributed by atoms with Gasteiger partial charge in [-0.15, -0.1) is 0 Å². The Morgan fingerprint density at radius 2 is 1.68 bits per heavy atom. The number of carbonyl (C=O) groups is 1. The molecule has 0 radical (unpaired) electrons. The number of hydrogen-bond acceptors (Lipinski definition) is 3. The molecular weight excluding hydrogens is 521 g/mol. The summed E-state index contributed by atoms with van der Waals surface area (Å²) in [5.41, 5.74) is 3.25. The predicted molar refractivity (Wildman–Crippen MR) is 132 cm³/mol. The van der Waals surface area contributed by atoms with Gasteiger partial charge in [0.2, 0.25) is 0 Å². The standard InChI is InChI=1S/C23H17BrCl3N3O/c24-16-5-1-14(2-6-16)22-12-19(13-28-23(31)15-3-7-17(25)8-4-15)29-30(22)21-10-9-18(26)11-20(21)27/h1-11,22H,12-13H2,(H,28,31). The van der Waals surface area contributed by atoms with Gasteiger partial charge in [0.15, 0.2) is 0 Å². The summed E-state index contributed by atoms with van der Waals surface area (Å²) >= 11 is 21.9. The van der Waals surface area contributed by atoms with E-state index in [-0.39, 0.29) is 11.9 Å². The van der Waals surface area contributed by atoms with Crippen molar-refractivity contribution in [3.8, 4) is 0 Å². The molecule has 1 unspecified atom stereocenters. The highest BCUT2D eigenvalue weighted by molar-refractivity contribution is 9.10. The Hall–Kier alpha value is -2.05. The Labute approximate surface area is 203 Å². The minimum Gasteiger partial charge on any atom is -0.347 e. The first-order valence-electron chi connectivity index (χ1n) is 9.50. The SMILES string of the molecule is O=C(NCC1=NN(c2ccc(Cl)cc2Cl)C(c2ccc(Br)cc2)C1)c1ccc(Cl)cc1. The molecule has 3 aromatic carbocycles. The highest BCUT2D eigenvalue weighted by Gasteiger charge is 2.30. The van der Waals surface area contributed by atoms with E-state index in [1.54, 1.807) is 36.4 Å². The Morgan fingerprint density at radius 3 is 2.35 bits per heavy atom. The third-order valence-electron chi connectivity index (χ3n) is 4.94. The molecule has 1 aliphatic rings. The van der Waals surface area contributed by atoms with E-state index in [2.05, 4.69) is 33.4 Å². The van der Waals surface area contributed by atoms with Crippen LogP contribution in [-0.2, 0) is 0 Å². The van der Waals surface area contributed by atoms with Gasteiger partial charge >= 0.3 is 0 Å². The molecule has 8 heteroatoms. The minimum atomic E-state index is -0.178. The largest absolute Gasteiger partial charge is 0.347 e. The van der Waals surface area contributed by atoms with E-state index in [0.29, 0.717) is 33.6 Å². The van der Waals surface area contributed by atoms with Gasteiger partial charge in [-0.2, -0.15) is 5.10 Å². The van der Waals surface area contributed by atoms with E-state index in [1.165, 1.54) is 0 Å². The van der Waals surface area contributed by atoms with Gasteiger partial charge in [0.25, 0.3) is 5.91 Å². The van der Waals surface area contributed by atoms with Gasteiger partial charge in [0.05, 0.1) is 29.0 Å². The van der Waals surface area contributed by atoms with Gasteiger partial charge in [-0.25, -0.2) is 0 Å². The van der Waals surface area contributed by atoms with Crippen LogP contribution in [0.4, 0.5) is 5.69 Å². The average molecular weight is 538 g/mol. The summed E-state index contributed by atoms with van der Waals surface area (Å²) in [6, 6.07) is 20.2. The maximum absolute atomic E-state index is 12.5. The zero-order valence-corrected chi connectivity index (χ0v) is 20.0. The second kappa shape index (κ2) is 9.61. The summed E-state index contributed by atoms with van der Waals surface area (Å²) in [4.78, 5) is 12.5. The molecule has 1 heterocycles. The summed E-state index contributed by atoms with van der Waals surface area (Å²) in [5.74, 6) is -0.178. The molecule has 0 aliphatic carbocycles.